The van der Waals surface area contributed by atoms with Crippen molar-refractivity contribution in [2.75, 3.05) is 6.61 Å². The zero-order valence-electron chi connectivity index (χ0n) is 7.56. The highest BCUT2D eigenvalue weighted by atomic mass is 16.6. The summed E-state index contributed by atoms with van der Waals surface area (Å²) in [6.45, 7) is 0.632. The molecule has 0 spiro atoms. The van der Waals surface area contributed by atoms with E-state index in [-0.39, 0.29) is 0 Å². The molecule has 14 heavy (non-hydrogen) atoms. The zero-order chi connectivity index (χ0) is 9.97. The lowest BCUT2D eigenvalue weighted by Crippen LogP contribution is -2.11. The topological polar surface area (TPSA) is 64.7 Å². The van der Waals surface area contributed by atoms with Crippen molar-refractivity contribution in [3.63, 3.8) is 0 Å². The summed E-state index contributed by atoms with van der Waals surface area (Å²) in [5, 5.41) is 3.88. The van der Waals surface area contributed by atoms with E-state index in [9.17, 15) is 4.79 Å². The van der Waals surface area contributed by atoms with Crippen LogP contribution >= 0.6 is 0 Å². The summed E-state index contributed by atoms with van der Waals surface area (Å²) in [7, 11) is 0. The maximum absolute atomic E-state index is 10.8. The Bertz CT molecular complexity index is 382. The summed E-state index contributed by atoms with van der Waals surface area (Å²) in [6, 6.07) is 7.04. The first kappa shape index (κ1) is 8.74. The Morgan fingerprint density at radius 1 is 1.36 bits per heavy atom. The molecule has 1 amide bonds. The van der Waals surface area contributed by atoms with Gasteiger partial charge in [-0.05, 0) is 17.7 Å². The number of nitrogens with two attached hydrogens (primary N) is 1. The highest BCUT2D eigenvalue weighted by Crippen LogP contribution is 2.11. The summed E-state index contributed by atoms with van der Waals surface area (Å²) >= 11 is 0. The van der Waals surface area contributed by atoms with Crippen LogP contribution in [0.5, 0.6) is 0 Å². The van der Waals surface area contributed by atoms with Crippen LogP contribution in [-0.2, 0) is 4.84 Å². The van der Waals surface area contributed by atoms with Crippen LogP contribution in [-0.4, -0.2) is 18.2 Å². The highest BCUT2D eigenvalue weighted by Gasteiger charge is 2.10. The highest BCUT2D eigenvalue weighted by molar-refractivity contribution is 6.02. The maximum atomic E-state index is 10.8. The van der Waals surface area contributed by atoms with Crippen LogP contribution in [0.1, 0.15) is 22.3 Å². The number of nitrogens with zero attached hydrogens (tertiary/aromatic N) is 1. The second-order valence-corrected chi connectivity index (χ2v) is 3.06. The number of primary amides is 1. The fourth-order valence-electron chi connectivity index (χ4n) is 1.34. The van der Waals surface area contributed by atoms with Crippen molar-refractivity contribution < 1.29 is 9.63 Å². The van der Waals surface area contributed by atoms with Crippen LogP contribution in [0.3, 0.4) is 0 Å². The fourth-order valence-corrected chi connectivity index (χ4v) is 1.34. The van der Waals surface area contributed by atoms with Gasteiger partial charge in [0.25, 0.3) is 0 Å². The van der Waals surface area contributed by atoms with Crippen molar-refractivity contribution in [3.05, 3.63) is 35.4 Å². The predicted molar refractivity (Wildman–Crippen MR) is 52.1 cm³/mol. The molecule has 0 unspecified atom stereocenters. The Hall–Kier alpha value is -1.84. The molecule has 1 aromatic carbocycles. The molecule has 0 radical (unpaired) electrons. The standard InChI is InChI=1S/C10H10N2O2/c11-10(13)8-3-1-7(2-4-8)9-5-6-14-12-9/h1-4H,5-6H2,(H2,11,13). The van der Waals surface area contributed by atoms with Crippen molar-refractivity contribution in [2.45, 2.75) is 6.42 Å². The normalized spacial score (nSPS) is 14.7. The third kappa shape index (κ3) is 1.59. The van der Waals surface area contributed by atoms with Crippen LogP contribution < -0.4 is 5.73 Å². The first-order valence-corrected chi connectivity index (χ1v) is 4.36. The smallest absolute Gasteiger partial charge is 0.248 e. The molecule has 2 rings (SSSR count). The van der Waals surface area contributed by atoms with Gasteiger partial charge in [-0.3, -0.25) is 4.79 Å². The predicted octanol–water partition coefficient (Wildman–Crippen LogP) is 0.910. The minimum Gasteiger partial charge on any atom is -0.395 e. The molecule has 0 fully saturated rings. The van der Waals surface area contributed by atoms with Gasteiger partial charge in [-0.15, -0.1) is 0 Å². The molecule has 2 N–H and O–H groups in total. The van der Waals surface area contributed by atoms with Gasteiger partial charge in [0.2, 0.25) is 5.91 Å². The number of carbonyl (C=O) groups is 1. The van der Waals surface area contributed by atoms with Gasteiger partial charge in [-0.2, -0.15) is 0 Å². The van der Waals surface area contributed by atoms with Gasteiger partial charge in [-0.1, -0.05) is 17.3 Å². The number of carbonyl (C=O) groups excluding carboxylic acids is 1. The van der Waals surface area contributed by atoms with E-state index in [0.29, 0.717) is 12.2 Å². The molecule has 4 nitrogen and oxygen atoms in total. The van der Waals surface area contributed by atoms with Crippen LogP contribution in [0.15, 0.2) is 29.4 Å². The number of amides is 1. The monoisotopic (exact) mass is 190 g/mol. The lowest BCUT2D eigenvalue weighted by atomic mass is 10.1. The molecule has 0 atom stereocenters. The number of hydrogen-bond acceptors (Lipinski definition) is 3. The zero-order valence-corrected chi connectivity index (χ0v) is 7.56. The Balaban J connectivity index is 2.25. The van der Waals surface area contributed by atoms with Crippen LogP contribution in [0.2, 0.25) is 0 Å². The summed E-state index contributed by atoms with van der Waals surface area (Å²) in [5.74, 6) is -0.416. The molecule has 1 aliphatic rings. The first-order valence-electron chi connectivity index (χ1n) is 4.36. The van der Waals surface area contributed by atoms with Crippen molar-refractivity contribution >= 4 is 11.6 Å². The molecule has 1 aromatic rings. The SMILES string of the molecule is NC(=O)c1ccc(C2=NOCC2)cc1. The fraction of sp³-hybridized carbons (Fsp3) is 0.200. The third-order valence-electron chi connectivity index (χ3n) is 2.11. The molecular formula is C10H10N2O2. The minimum absolute atomic E-state index is 0.416. The third-order valence-corrected chi connectivity index (χ3v) is 2.11. The van der Waals surface area contributed by atoms with Crippen molar-refractivity contribution in [1.29, 1.82) is 0 Å². The molecule has 0 saturated carbocycles. The van der Waals surface area contributed by atoms with Crippen LogP contribution in [0.25, 0.3) is 0 Å². The Labute approximate surface area is 81.3 Å². The number of benzene rings is 1. The maximum Gasteiger partial charge on any atom is 0.248 e. The molecule has 0 aliphatic carbocycles. The lowest BCUT2D eigenvalue weighted by Gasteiger charge is -1.99. The van der Waals surface area contributed by atoms with E-state index in [1.54, 1.807) is 12.1 Å². The van der Waals surface area contributed by atoms with Crippen LogP contribution in [0, 0.1) is 0 Å². The Kier molecular flexibility index (Phi) is 2.18. The quantitative estimate of drug-likeness (QED) is 0.753. The number of hydrogen-bond donors (Lipinski definition) is 1. The van der Waals surface area contributed by atoms with Crippen molar-refractivity contribution in [3.8, 4) is 0 Å². The molecule has 0 bridgehead atoms. The van der Waals surface area contributed by atoms with E-state index in [0.717, 1.165) is 17.7 Å². The van der Waals surface area contributed by atoms with E-state index in [4.69, 9.17) is 10.6 Å². The van der Waals surface area contributed by atoms with Crippen molar-refractivity contribution in [2.24, 2.45) is 10.9 Å². The van der Waals surface area contributed by atoms with Crippen LogP contribution in [0.4, 0.5) is 0 Å². The second-order valence-electron chi connectivity index (χ2n) is 3.06. The molecule has 4 heteroatoms. The first-order chi connectivity index (χ1) is 6.77. The second kappa shape index (κ2) is 3.49. The molecule has 72 valence electrons. The van der Waals surface area contributed by atoms with E-state index >= 15 is 0 Å². The number of oxime groups is 1. The number of rotatable bonds is 2. The summed E-state index contributed by atoms with van der Waals surface area (Å²) in [4.78, 5) is 15.7. The molecule has 1 heterocycles. The van der Waals surface area contributed by atoms with Gasteiger partial charge >= 0.3 is 0 Å². The van der Waals surface area contributed by atoms with Gasteiger partial charge in [0, 0.05) is 12.0 Å². The van der Waals surface area contributed by atoms with Gasteiger partial charge in [0.15, 0.2) is 0 Å². The Morgan fingerprint density at radius 3 is 2.57 bits per heavy atom. The van der Waals surface area contributed by atoms with E-state index in [1.165, 1.54) is 0 Å². The van der Waals surface area contributed by atoms with Gasteiger partial charge < -0.3 is 10.6 Å². The molecule has 0 saturated heterocycles. The van der Waals surface area contributed by atoms with E-state index < -0.39 is 5.91 Å². The average Bonchev–Trinajstić information content (AvgIpc) is 2.71. The summed E-state index contributed by atoms with van der Waals surface area (Å²) < 4.78 is 0. The van der Waals surface area contributed by atoms with E-state index in [1.807, 2.05) is 12.1 Å². The van der Waals surface area contributed by atoms with Gasteiger partial charge in [0.1, 0.15) is 6.61 Å². The van der Waals surface area contributed by atoms with Crippen molar-refractivity contribution in [1.82, 2.24) is 0 Å². The molecular weight excluding hydrogens is 180 g/mol. The largest absolute Gasteiger partial charge is 0.395 e. The van der Waals surface area contributed by atoms with E-state index in [2.05, 4.69) is 5.16 Å². The minimum atomic E-state index is -0.416. The molecule has 1 aliphatic heterocycles. The summed E-state index contributed by atoms with van der Waals surface area (Å²) in [5.41, 5.74) is 7.53. The average molecular weight is 190 g/mol. The Morgan fingerprint density at radius 2 is 2.07 bits per heavy atom. The summed E-state index contributed by atoms with van der Waals surface area (Å²) in [6.07, 6.45) is 0.815. The van der Waals surface area contributed by atoms with Gasteiger partial charge in [-0.25, -0.2) is 0 Å². The lowest BCUT2D eigenvalue weighted by molar-refractivity contribution is 0.100. The van der Waals surface area contributed by atoms with Gasteiger partial charge in [0.05, 0.1) is 5.71 Å². The molecule has 0 aromatic heterocycles.